The molecule has 0 radical (unpaired) electrons. The number of carbonyl (C=O) groups is 2. The summed E-state index contributed by atoms with van der Waals surface area (Å²) in [5.41, 5.74) is 0.371. The maximum absolute atomic E-state index is 13.2. The van der Waals surface area contributed by atoms with Gasteiger partial charge in [0.05, 0.1) is 18.8 Å². The number of aryl methyl sites for hydroxylation is 1. The van der Waals surface area contributed by atoms with Crippen molar-refractivity contribution < 1.29 is 9.59 Å². The van der Waals surface area contributed by atoms with Gasteiger partial charge in [-0.15, -0.1) is 0 Å². The van der Waals surface area contributed by atoms with E-state index in [0.29, 0.717) is 0 Å². The predicted octanol–water partition coefficient (Wildman–Crippen LogP) is 1.49. The molecular formula is C17H26N4O2. The molecule has 1 saturated heterocycles. The summed E-state index contributed by atoms with van der Waals surface area (Å²) < 4.78 is 1.92. The average Bonchev–Trinajstić information content (AvgIpc) is 3.13. The Labute approximate surface area is 137 Å². The minimum Gasteiger partial charge on any atom is -0.342 e. The van der Waals surface area contributed by atoms with Crippen molar-refractivity contribution in [2.45, 2.75) is 64.6 Å². The van der Waals surface area contributed by atoms with Gasteiger partial charge in [-0.2, -0.15) is 5.10 Å². The van der Waals surface area contributed by atoms with Crippen molar-refractivity contribution >= 4 is 11.8 Å². The van der Waals surface area contributed by atoms with Gasteiger partial charge in [-0.1, -0.05) is 0 Å². The Hall–Kier alpha value is -1.85. The van der Waals surface area contributed by atoms with Crippen molar-refractivity contribution in [1.82, 2.24) is 20.0 Å². The molecule has 0 aromatic carbocycles. The SMILES string of the molecule is CC(=O)NC(C)(C(=O)N1CCCC1Cn1cc(C)cn1)C1CC1. The molecule has 1 aromatic heterocycles. The van der Waals surface area contributed by atoms with Crippen LogP contribution in [0.2, 0.25) is 0 Å². The summed E-state index contributed by atoms with van der Waals surface area (Å²) in [7, 11) is 0. The maximum atomic E-state index is 13.2. The van der Waals surface area contributed by atoms with Crippen molar-refractivity contribution in [3.8, 4) is 0 Å². The van der Waals surface area contributed by atoms with Crippen LogP contribution in [-0.2, 0) is 16.1 Å². The first-order chi connectivity index (χ1) is 10.9. The number of likely N-dealkylation sites (tertiary alicyclic amines) is 1. The van der Waals surface area contributed by atoms with Gasteiger partial charge in [-0.25, -0.2) is 0 Å². The fourth-order valence-corrected chi connectivity index (χ4v) is 3.73. The summed E-state index contributed by atoms with van der Waals surface area (Å²) in [6, 6.07) is 0.161. The standard InChI is InChI=1S/C17H26N4O2/c1-12-9-18-20(10-12)11-15-5-4-8-21(15)16(23)17(3,14-6-7-14)19-13(2)22/h9-10,14-15H,4-8,11H2,1-3H3,(H,19,22). The van der Waals surface area contributed by atoms with Crippen LogP contribution < -0.4 is 5.32 Å². The number of rotatable bonds is 5. The van der Waals surface area contributed by atoms with Gasteiger partial charge in [0.2, 0.25) is 11.8 Å². The molecule has 126 valence electrons. The van der Waals surface area contributed by atoms with Crippen molar-refractivity contribution in [3.63, 3.8) is 0 Å². The lowest BCUT2D eigenvalue weighted by Crippen LogP contribution is -2.60. The molecule has 2 atom stereocenters. The Morgan fingerprint density at radius 1 is 1.39 bits per heavy atom. The van der Waals surface area contributed by atoms with Gasteiger partial charge >= 0.3 is 0 Å². The lowest BCUT2D eigenvalue weighted by atomic mass is 9.93. The highest BCUT2D eigenvalue weighted by Crippen LogP contribution is 2.41. The van der Waals surface area contributed by atoms with Crippen LogP contribution in [0, 0.1) is 12.8 Å². The highest BCUT2D eigenvalue weighted by atomic mass is 16.2. The van der Waals surface area contributed by atoms with Gasteiger partial charge in [0.25, 0.3) is 0 Å². The quantitative estimate of drug-likeness (QED) is 0.894. The average molecular weight is 318 g/mol. The van der Waals surface area contributed by atoms with Crippen LogP contribution in [-0.4, -0.2) is 44.6 Å². The van der Waals surface area contributed by atoms with E-state index in [9.17, 15) is 9.59 Å². The summed E-state index contributed by atoms with van der Waals surface area (Å²) in [5.74, 6) is 0.208. The lowest BCUT2D eigenvalue weighted by molar-refractivity contribution is -0.142. The van der Waals surface area contributed by atoms with Gasteiger partial charge in [0, 0.05) is 19.7 Å². The third kappa shape index (κ3) is 3.26. The molecular weight excluding hydrogens is 292 g/mol. The van der Waals surface area contributed by atoms with E-state index < -0.39 is 5.54 Å². The van der Waals surface area contributed by atoms with Crippen LogP contribution in [0.3, 0.4) is 0 Å². The van der Waals surface area contributed by atoms with Gasteiger partial charge in [0.1, 0.15) is 5.54 Å². The number of carbonyl (C=O) groups excluding carboxylic acids is 2. The van der Waals surface area contributed by atoms with E-state index in [1.807, 2.05) is 35.8 Å². The molecule has 2 amide bonds. The zero-order valence-corrected chi connectivity index (χ0v) is 14.2. The van der Waals surface area contributed by atoms with Crippen molar-refractivity contribution in [3.05, 3.63) is 18.0 Å². The lowest BCUT2D eigenvalue weighted by Gasteiger charge is -2.36. The van der Waals surface area contributed by atoms with E-state index in [-0.39, 0.29) is 23.8 Å². The minimum absolute atomic E-state index is 0.0709. The fourth-order valence-electron chi connectivity index (χ4n) is 3.73. The van der Waals surface area contributed by atoms with Gasteiger partial charge in [-0.05, 0) is 51.0 Å². The Bertz CT molecular complexity index is 607. The molecule has 23 heavy (non-hydrogen) atoms. The molecule has 1 aliphatic heterocycles. The van der Waals surface area contributed by atoms with Crippen molar-refractivity contribution in [1.29, 1.82) is 0 Å². The fraction of sp³-hybridized carbons (Fsp3) is 0.706. The van der Waals surface area contributed by atoms with E-state index >= 15 is 0 Å². The number of nitrogens with zero attached hydrogens (tertiary/aromatic N) is 3. The summed E-state index contributed by atoms with van der Waals surface area (Å²) in [5, 5.41) is 7.27. The van der Waals surface area contributed by atoms with Gasteiger partial charge in [-0.3, -0.25) is 14.3 Å². The molecule has 2 heterocycles. The van der Waals surface area contributed by atoms with E-state index in [1.54, 1.807) is 0 Å². The van der Waals surface area contributed by atoms with Crippen LogP contribution in [0.25, 0.3) is 0 Å². The largest absolute Gasteiger partial charge is 0.342 e. The Morgan fingerprint density at radius 2 is 2.13 bits per heavy atom. The predicted molar refractivity (Wildman–Crippen MR) is 86.6 cm³/mol. The molecule has 6 nitrogen and oxygen atoms in total. The number of hydrogen-bond acceptors (Lipinski definition) is 3. The molecule has 0 spiro atoms. The van der Waals surface area contributed by atoms with Crippen LogP contribution >= 0.6 is 0 Å². The summed E-state index contributed by atoms with van der Waals surface area (Å²) in [4.78, 5) is 26.7. The zero-order chi connectivity index (χ0) is 16.6. The Balaban J connectivity index is 1.75. The number of amides is 2. The van der Waals surface area contributed by atoms with Crippen LogP contribution in [0.4, 0.5) is 0 Å². The molecule has 3 rings (SSSR count). The van der Waals surface area contributed by atoms with Gasteiger partial charge < -0.3 is 10.2 Å². The maximum Gasteiger partial charge on any atom is 0.248 e. The summed E-state index contributed by atoms with van der Waals surface area (Å²) in [6.07, 6.45) is 7.88. The van der Waals surface area contributed by atoms with Crippen molar-refractivity contribution in [2.75, 3.05) is 6.54 Å². The highest BCUT2D eigenvalue weighted by molar-refractivity contribution is 5.91. The highest BCUT2D eigenvalue weighted by Gasteiger charge is 2.51. The van der Waals surface area contributed by atoms with Crippen LogP contribution in [0.5, 0.6) is 0 Å². The van der Waals surface area contributed by atoms with E-state index in [4.69, 9.17) is 0 Å². The second-order valence-electron chi connectivity index (χ2n) is 7.19. The minimum atomic E-state index is -0.755. The topological polar surface area (TPSA) is 67.2 Å². The number of hydrogen-bond donors (Lipinski definition) is 1. The second-order valence-corrected chi connectivity index (χ2v) is 7.19. The van der Waals surface area contributed by atoms with Gasteiger partial charge in [0.15, 0.2) is 0 Å². The molecule has 1 N–H and O–H groups in total. The summed E-state index contributed by atoms with van der Waals surface area (Å²) in [6.45, 7) is 6.89. The van der Waals surface area contributed by atoms with Crippen LogP contribution in [0.1, 0.15) is 45.1 Å². The van der Waals surface area contributed by atoms with E-state index in [2.05, 4.69) is 10.4 Å². The molecule has 1 saturated carbocycles. The van der Waals surface area contributed by atoms with E-state index in [1.165, 1.54) is 6.92 Å². The normalized spacial score (nSPS) is 23.6. The molecule has 1 aliphatic carbocycles. The molecule has 2 fully saturated rings. The first kappa shape index (κ1) is 16.0. The second kappa shape index (κ2) is 5.98. The molecule has 2 unspecified atom stereocenters. The zero-order valence-electron chi connectivity index (χ0n) is 14.2. The van der Waals surface area contributed by atoms with Crippen LogP contribution in [0.15, 0.2) is 12.4 Å². The molecule has 6 heteroatoms. The molecule has 1 aromatic rings. The van der Waals surface area contributed by atoms with E-state index in [0.717, 1.165) is 44.3 Å². The third-order valence-corrected chi connectivity index (χ3v) is 5.07. The molecule has 2 aliphatic rings. The third-order valence-electron chi connectivity index (χ3n) is 5.07. The number of aromatic nitrogens is 2. The first-order valence-corrected chi connectivity index (χ1v) is 8.49. The first-order valence-electron chi connectivity index (χ1n) is 8.49. The van der Waals surface area contributed by atoms with Crippen molar-refractivity contribution in [2.24, 2.45) is 5.92 Å². The number of nitrogens with one attached hydrogen (secondary N) is 1. The smallest absolute Gasteiger partial charge is 0.248 e. The monoisotopic (exact) mass is 318 g/mol. The summed E-state index contributed by atoms with van der Waals surface area (Å²) >= 11 is 0. The molecule has 0 bridgehead atoms. The Morgan fingerprint density at radius 3 is 2.70 bits per heavy atom. The Kier molecular flexibility index (Phi) is 4.17.